The van der Waals surface area contributed by atoms with Gasteiger partial charge in [0.25, 0.3) is 0 Å². The molecule has 0 radical (unpaired) electrons. The summed E-state index contributed by atoms with van der Waals surface area (Å²) in [7, 11) is 6.05. The molecule has 3 atom stereocenters. The average Bonchev–Trinajstić information content (AvgIpc) is 3.40. The van der Waals surface area contributed by atoms with E-state index in [1.807, 2.05) is 14.1 Å². The molecule has 4 heteroatoms. The van der Waals surface area contributed by atoms with Crippen molar-refractivity contribution < 1.29 is 0 Å². The van der Waals surface area contributed by atoms with Crippen LogP contribution in [0.4, 0.5) is 0 Å². The third-order valence-corrected chi connectivity index (χ3v) is 5.81. The summed E-state index contributed by atoms with van der Waals surface area (Å²) < 4.78 is 0. The SMILES string of the molecule is CCCCCC(C)C(/C=C(C)/N=C(/C=C(\C)N(C)CCNC)C1CC1C)=NC. The molecular formula is C24H44N4. The molecule has 1 aliphatic carbocycles. The topological polar surface area (TPSA) is 40.0 Å². The molecule has 1 rings (SSSR count). The van der Waals surface area contributed by atoms with E-state index in [4.69, 9.17) is 4.99 Å². The Kier molecular flexibility index (Phi) is 11.4. The van der Waals surface area contributed by atoms with Crippen molar-refractivity contribution in [2.75, 3.05) is 34.2 Å². The molecule has 0 aromatic rings. The van der Waals surface area contributed by atoms with Crippen LogP contribution in [0.15, 0.2) is 33.5 Å². The minimum Gasteiger partial charge on any atom is -0.377 e. The number of likely N-dealkylation sites (N-methyl/N-ethyl adjacent to an activating group) is 2. The lowest BCUT2D eigenvalue weighted by molar-refractivity contribution is 0.416. The number of nitrogens with one attached hydrogen (secondary N) is 1. The summed E-state index contributed by atoms with van der Waals surface area (Å²) in [6, 6.07) is 0. The summed E-state index contributed by atoms with van der Waals surface area (Å²) in [5.74, 6) is 1.83. The van der Waals surface area contributed by atoms with Gasteiger partial charge in [0.05, 0.1) is 0 Å². The van der Waals surface area contributed by atoms with Crippen LogP contribution in [0.5, 0.6) is 0 Å². The second kappa shape index (κ2) is 12.9. The highest BCUT2D eigenvalue weighted by molar-refractivity contribution is 6.01. The minimum absolute atomic E-state index is 0.495. The van der Waals surface area contributed by atoms with Crippen LogP contribution in [0.3, 0.4) is 0 Å². The van der Waals surface area contributed by atoms with Gasteiger partial charge in [-0.2, -0.15) is 0 Å². The molecule has 3 unspecified atom stereocenters. The fourth-order valence-electron chi connectivity index (χ4n) is 3.46. The Morgan fingerprint density at radius 2 is 1.93 bits per heavy atom. The molecule has 1 saturated carbocycles. The summed E-state index contributed by atoms with van der Waals surface area (Å²) in [5.41, 5.74) is 4.74. The Bertz CT molecular complexity index is 585. The molecule has 1 aliphatic rings. The van der Waals surface area contributed by atoms with Gasteiger partial charge in [0.2, 0.25) is 0 Å². The van der Waals surface area contributed by atoms with Crippen molar-refractivity contribution in [3.8, 4) is 0 Å². The first kappa shape index (κ1) is 24.6. The van der Waals surface area contributed by atoms with E-state index in [0.717, 1.165) is 24.7 Å². The third-order valence-electron chi connectivity index (χ3n) is 5.81. The number of hydrogen-bond acceptors (Lipinski definition) is 4. The molecule has 0 aliphatic heterocycles. The maximum Gasteiger partial charge on any atom is 0.0457 e. The average molecular weight is 389 g/mol. The highest BCUT2D eigenvalue weighted by atomic mass is 15.1. The van der Waals surface area contributed by atoms with Crippen molar-refractivity contribution in [1.29, 1.82) is 0 Å². The Labute approximate surface area is 174 Å². The standard InChI is InChI=1S/C24H44N4/c1-9-10-11-12-18(2)23(26-7)16-20(4)27-24(22-15-19(22)3)17-21(5)28(8)14-13-25-6/h16-19,22,25H,9-15H2,1-8H3/b20-16+,21-17+,26-23?,27-24-. The van der Waals surface area contributed by atoms with Crippen molar-refractivity contribution in [2.45, 2.75) is 66.7 Å². The Morgan fingerprint density at radius 1 is 1.25 bits per heavy atom. The van der Waals surface area contributed by atoms with Crippen LogP contribution in [0.25, 0.3) is 0 Å². The predicted octanol–water partition coefficient (Wildman–Crippen LogP) is 5.33. The number of aliphatic imine (C=N–C) groups is 2. The molecule has 160 valence electrons. The van der Waals surface area contributed by atoms with Crippen molar-refractivity contribution in [1.82, 2.24) is 10.2 Å². The maximum absolute atomic E-state index is 5.04. The first-order chi connectivity index (χ1) is 13.3. The molecule has 0 spiro atoms. The molecule has 0 aromatic carbocycles. The van der Waals surface area contributed by atoms with Crippen LogP contribution in [0.2, 0.25) is 0 Å². The number of rotatable bonds is 13. The summed E-state index contributed by atoms with van der Waals surface area (Å²) in [6.45, 7) is 13.2. The van der Waals surface area contributed by atoms with Crippen LogP contribution in [-0.4, -0.2) is 50.6 Å². The van der Waals surface area contributed by atoms with Gasteiger partial charge in [-0.05, 0) is 57.7 Å². The summed E-state index contributed by atoms with van der Waals surface area (Å²) >= 11 is 0. The van der Waals surface area contributed by atoms with E-state index in [0.29, 0.717) is 11.8 Å². The molecule has 28 heavy (non-hydrogen) atoms. The molecule has 0 saturated heterocycles. The zero-order valence-electron chi connectivity index (χ0n) is 19.7. The quantitative estimate of drug-likeness (QED) is 0.342. The van der Waals surface area contributed by atoms with Crippen LogP contribution in [0, 0.1) is 17.8 Å². The number of nitrogens with zero attached hydrogens (tertiary/aromatic N) is 3. The van der Waals surface area contributed by atoms with Crippen molar-refractivity contribution in [2.24, 2.45) is 27.7 Å². The van der Waals surface area contributed by atoms with Crippen LogP contribution >= 0.6 is 0 Å². The van der Waals surface area contributed by atoms with Crippen molar-refractivity contribution in [3.05, 3.63) is 23.5 Å². The van der Waals surface area contributed by atoms with Gasteiger partial charge in [-0.15, -0.1) is 0 Å². The second-order valence-corrected chi connectivity index (χ2v) is 8.50. The molecule has 0 amide bonds. The van der Waals surface area contributed by atoms with Gasteiger partial charge < -0.3 is 10.2 Å². The van der Waals surface area contributed by atoms with Gasteiger partial charge in [0.1, 0.15) is 0 Å². The van der Waals surface area contributed by atoms with E-state index < -0.39 is 0 Å². The highest BCUT2D eigenvalue weighted by Gasteiger charge is 2.36. The van der Waals surface area contributed by atoms with E-state index in [-0.39, 0.29) is 0 Å². The van der Waals surface area contributed by atoms with E-state index in [1.54, 1.807) is 0 Å². The number of hydrogen-bond donors (Lipinski definition) is 1. The normalized spacial score (nSPS) is 22.4. The van der Waals surface area contributed by atoms with E-state index in [9.17, 15) is 0 Å². The first-order valence-corrected chi connectivity index (χ1v) is 11.1. The summed E-state index contributed by atoms with van der Waals surface area (Å²) in [5, 5.41) is 3.22. The van der Waals surface area contributed by atoms with Crippen LogP contribution < -0.4 is 5.32 Å². The Balaban J connectivity index is 2.93. The smallest absolute Gasteiger partial charge is 0.0457 e. The first-order valence-electron chi connectivity index (χ1n) is 11.1. The molecule has 1 fully saturated rings. The lowest BCUT2D eigenvalue weighted by Gasteiger charge is -2.20. The van der Waals surface area contributed by atoms with Crippen LogP contribution in [0.1, 0.15) is 66.7 Å². The van der Waals surface area contributed by atoms with Gasteiger partial charge in [-0.25, -0.2) is 0 Å². The summed E-state index contributed by atoms with van der Waals surface area (Å²) in [4.78, 5) is 11.9. The molecule has 0 heterocycles. The lowest BCUT2D eigenvalue weighted by atomic mass is 9.97. The maximum atomic E-state index is 5.04. The van der Waals surface area contributed by atoms with E-state index in [1.165, 1.54) is 49.2 Å². The zero-order valence-corrected chi connectivity index (χ0v) is 19.7. The fourth-order valence-corrected chi connectivity index (χ4v) is 3.46. The molecule has 4 nitrogen and oxygen atoms in total. The Morgan fingerprint density at radius 3 is 2.46 bits per heavy atom. The van der Waals surface area contributed by atoms with Crippen molar-refractivity contribution in [3.63, 3.8) is 0 Å². The molecular weight excluding hydrogens is 344 g/mol. The number of allylic oxidation sites excluding steroid dienone is 4. The van der Waals surface area contributed by atoms with Crippen molar-refractivity contribution >= 4 is 11.4 Å². The number of unbranched alkanes of at least 4 members (excludes halogenated alkanes) is 2. The molecule has 1 N–H and O–H groups in total. The van der Waals surface area contributed by atoms with E-state index in [2.05, 4.69) is 69.0 Å². The second-order valence-electron chi connectivity index (χ2n) is 8.50. The largest absolute Gasteiger partial charge is 0.377 e. The molecule has 0 bridgehead atoms. The van der Waals surface area contributed by atoms with E-state index >= 15 is 0 Å². The lowest BCUT2D eigenvalue weighted by Crippen LogP contribution is -2.26. The highest BCUT2D eigenvalue weighted by Crippen LogP contribution is 2.40. The van der Waals surface area contributed by atoms with Gasteiger partial charge in [0, 0.05) is 55.9 Å². The van der Waals surface area contributed by atoms with Crippen LogP contribution in [-0.2, 0) is 0 Å². The van der Waals surface area contributed by atoms with Gasteiger partial charge in [-0.3, -0.25) is 9.98 Å². The predicted molar refractivity (Wildman–Crippen MR) is 125 cm³/mol. The monoisotopic (exact) mass is 388 g/mol. The third kappa shape index (κ3) is 8.72. The molecule has 0 aromatic heterocycles. The fraction of sp³-hybridized carbons (Fsp3) is 0.750. The Hall–Kier alpha value is -1.42. The summed E-state index contributed by atoms with van der Waals surface area (Å²) in [6.07, 6.45) is 10.8. The minimum atomic E-state index is 0.495. The van der Waals surface area contributed by atoms with Gasteiger partial charge >= 0.3 is 0 Å². The zero-order chi connectivity index (χ0) is 21.1. The van der Waals surface area contributed by atoms with Gasteiger partial charge in [0.15, 0.2) is 0 Å². The van der Waals surface area contributed by atoms with Gasteiger partial charge in [-0.1, -0.05) is 40.0 Å².